The Bertz CT molecular complexity index is 1440. The maximum absolute atomic E-state index is 13.1. The monoisotopic (exact) mass is 542 g/mol. The Labute approximate surface area is 232 Å². The first kappa shape index (κ1) is 25.5. The number of carbonyl (C=O) groups excluding carboxylic acids is 1. The minimum atomic E-state index is -0.745. The van der Waals surface area contributed by atoms with Gasteiger partial charge in [-0.05, 0) is 67.5 Å². The van der Waals surface area contributed by atoms with Crippen molar-refractivity contribution in [2.45, 2.75) is 62.6 Å². The number of rotatable bonds is 6. The average Bonchev–Trinajstić information content (AvgIpc) is 3.30. The third kappa shape index (κ3) is 5.53. The van der Waals surface area contributed by atoms with E-state index in [0.29, 0.717) is 23.7 Å². The summed E-state index contributed by atoms with van der Waals surface area (Å²) in [6, 6.07) is 20.1. The molecule has 1 amide bonds. The second-order valence-corrected chi connectivity index (χ2v) is 10.8. The predicted octanol–water partition coefficient (Wildman–Crippen LogP) is 4.70. The van der Waals surface area contributed by atoms with E-state index in [9.17, 15) is 4.79 Å². The number of amides is 1. The second kappa shape index (κ2) is 11.2. The molecule has 2 aromatic carbocycles. The fraction of sp³-hybridized carbons (Fsp3) is 0.333. The number of hydrogen-bond donors (Lipinski definition) is 2. The van der Waals surface area contributed by atoms with Crippen LogP contribution < -0.4 is 15.8 Å². The van der Waals surface area contributed by atoms with Gasteiger partial charge >= 0.3 is 0 Å². The van der Waals surface area contributed by atoms with E-state index >= 15 is 0 Å². The number of benzene rings is 2. The van der Waals surface area contributed by atoms with Crippen LogP contribution in [0.25, 0.3) is 5.69 Å². The van der Waals surface area contributed by atoms with Crippen molar-refractivity contribution in [3.63, 3.8) is 0 Å². The van der Waals surface area contributed by atoms with Crippen LogP contribution in [0, 0.1) is 0 Å². The van der Waals surface area contributed by atoms with E-state index in [-0.39, 0.29) is 24.0 Å². The number of nitrogens with zero attached hydrogens (tertiary/aromatic N) is 4. The van der Waals surface area contributed by atoms with Crippen molar-refractivity contribution in [1.29, 1.82) is 0 Å². The smallest absolute Gasteiger partial charge is 0.241 e. The number of halogens is 1. The average molecular weight is 543 g/mol. The molecular formula is C30H31ClN6O2. The quantitative estimate of drug-likeness (QED) is 0.365. The lowest BCUT2D eigenvalue weighted by Gasteiger charge is -2.28. The molecule has 3 N–H and O–H groups in total. The molecule has 200 valence electrons. The normalized spacial score (nSPS) is 21.2. The van der Waals surface area contributed by atoms with Crippen LogP contribution in [-0.2, 0) is 17.6 Å². The van der Waals surface area contributed by atoms with Crippen LogP contribution in [-0.4, -0.2) is 37.8 Å². The molecule has 2 aliphatic rings. The molecule has 3 heterocycles. The molecule has 0 radical (unpaired) electrons. The Hall–Kier alpha value is -3.75. The summed E-state index contributed by atoms with van der Waals surface area (Å²) in [5.74, 6) is 2.50. The first-order valence-electron chi connectivity index (χ1n) is 13.5. The number of hydrogen-bond acceptors (Lipinski definition) is 6. The van der Waals surface area contributed by atoms with Crippen molar-refractivity contribution in [2.75, 3.05) is 0 Å². The molecule has 1 aliphatic heterocycles. The first-order chi connectivity index (χ1) is 19.0. The summed E-state index contributed by atoms with van der Waals surface area (Å²) in [7, 11) is 0. The van der Waals surface area contributed by atoms with Crippen molar-refractivity contribution < 1.29 is 9.53 Å². The highest BCUT2D eigenvalue weighted by Gasteiger charge is 2.32. The molecule has 0 bridgehead atoms. The largest absolute Gasteiger partial charge is 0.474 e. The van der Waals surface area contributed by atoms with Crippen LogP contribution >= 0.6 is 11.6 Å². The third-order valence-corrected chi connectivity index (χ3v) is 7.92. The fourth-order valence-electron chi connectivity index (χ4n) is 5.71. The summed E-state index contributed by atoms with van der Waals surface area (Å²) in [6.07, 6.45) is 6.81. The van der Waals surface area contributed by atoms with E-state index in [4.69, 9.17) is 22.1 Å². The van der Waals surface area contributed by atoms with Crippen molar-refractivity contribution in [1.82, 2.24) is 25.1 Å². The van der Waals surface area contributed by atoms with Crippen molar-refractivity contribution >= 4 is 17.5 Å². The van der Waals surface area contributed by atoms with Crippen LogP contribution in [0.3, 0.4) is 0 Å². The highest BCUT2D eigenvalue weighted by atomic mass is 35.5. The van der Waals surface area contributed by atoms with Crippen LogP contribution in [0.15, 0.2) is 72.9 Å². The van der Waals surface area contributed by atoms with Crippen LogP contribution in [0.2, 0.25) is 5.02 Å². The number of fused-ring (bicyclic) bond motifs is 3. The lowest BCUT2D eigenvalue weighted by Crippen LogP contribution is -2.42. The summed E-state index contributed by atoms with van der Waals surface area (Å²) in [5, 5.41) is 13.1. The Kier molecular flexibility index (Phi) is 7.30. The SMILES string of the molecule is N[C@H](C(=O)N[C@@H]1Cc2cc(Cl)ccc2-n2c(nnc2[C@H]2CC[C@H](Oc3ccccn3)CC2)C1)c1ccccc1. The molecule has 0 saturated heterocycles. The van der Waals surface area contributed by atoms with Crippen molar-refractivity contribution in [3.05, 3.63) is 101 Å². The standard InChI is InChI=1S/C30H31ClN6O2/c31-22-11-14-25-21(16-22)17-23(34-30(38)28(32)19-6-2-1-3-7-19)18-26-35-36-29(37(25)26)20-9-12-24(13-10-20)39-27-8-4-5-15-33-27/h1-8,11,14-16,20,23-24,28H,9-10,12-13,17-18,32H2,(H,34,38)/t20-,23-,24-,28+/m1/s1. The van der Waals surface area contributed by atoms with Gasteiger partial charge in [0.15, 0.2) is 0 Å². The zero-order valence-corrected chi connectivity index (χ0v) is 22.3. The minimum absolute atomic E-state index is 0.141. The second-order valence-electron chi connectivity index (χ2n) is 10.3. The molecule has 1 aliphatic carbocycles. The molecule has 0 unspecified atom stereocenters. The van der Waals surface area contributed by atoms with Crippen molar-refractivity contribution in [2.24, 2.45) is 5.73 Å². The van der Waals surface area contributed by atoms with Gasteiger partial charge in [-0.1, -0.05) is 48.0 Å². The van der Waals surface area contributed by atoms with Crippen LogP contribution in [0.4, 0.5) is 0 Å². The maximum atomic E-state index is 13.1. The van der Waals surface area contributed by atoms with E-state index < -0.39 is 6.04 Å². The first-order valence-corrected chi connectivity index (χ1v) is 13.8. The van der Waals surface area contributed by atoms with Gasteiger partial charge in [-0.2, -0.15) is 0 Å². The van der Waals surface area contributed by atoms with Gasteiger partial charge in [-0.3, -0.25) is 9.36 Å². The van der Waals surface area contributed by atoms with Crippen LogP contribution in [0.1, 0.15) is 60.4 Å². The number of aromatic nitrogens is 4. The zero-order chi connectivity index (χ0) is 26.8. The molecular weight excluding hydrogens is 512 g/mol. The Morgan fingerprint density at radius 1 is 1.00 bits per heavy atom. The van der Waals surface area contributed by atoms with Crippen LogP contribution in [0.5, 0.6) is 5.88 Å². The number of nitrogens with two attached hydrogens (primary N) is 1. The topological polar surface area (TPSA) is 108 Å². The van der Waals surface area contributed by atoms with Gasteiger partial charge in [0.1, 0.15) is 23.8 Å². The summed E-state index contributed by atoms with van der Waals surface area (Å²) < 4.78 is 8.29. The van der Waals surface area contributed by atoms with E-state index in [1.54, 1.807) is 6.20 Å². The molecule has 0 spiro atoms. The Balaban J connectivity index is 1.22. The Morgan fingerprint density at radius 3 is 2.56 bits per heavy atom. The van der Waals surface area contributed by atoms with Gasteiger partial charge in [0, 0.05) is 35.7 Å². The lowest BCUT2D eigenvalue weighted by atomic mass is 9.86. The molecule has 2 atom stereocenters. The number of nitrogens with one attached hydrogen (secondary N) is 1. The number of ether oxygens (including phenoxy) is 1. The molecule has 1 fully saturated rings. The summed E-state index contributed by atoms with van der Waals surface area (Å²) in [6.45, 7) is 0. The van der Waals surface area contributed by atoms with Gasteiger partial charge < -0.3 is 15.8 Å². The van der Waals surface area contributed by atoms with Gasteiger partial charge in [0.25, 0.3) is 0 Å². The van der Waals surface area contributed by atoms with E-state index in [0.717, 1.165) is 54.1 Å². The number of pyridine rings is 1. The lowest BCUT2D eigenvalue weighted by molar-refractivity contribution is -0.123. The van der Waals surface area contributed by atoms with Gasteiger partial charge in [0.2, 0.25) is 11.8 Å². The highest BCUT2D eigenvalue weighted by Crippen LogP contribution is 2.37. The summed E-state index contributed by atoms with van der Waals surface area (Å²) in [4.78, 5) is 17.4. The molecule has 9 heteroatoms. The predicted molar refractivity (Wildman–Crippen MR) is 149 cm³/mol. The fourth-order valence-corrected chi connectivity index (χ4v) is 5.91. The molecule has 6 rings (SSSR count). The van der Waals surface area contributed by atoms with Crippen molar-refractivity contribution in [3.8, 4) is 11.6 Å². The van der Waals surface area contributed by atoms with Gasteiger partial charge in [-0.15, -0.1) is 10.2 Å². The number of carbonyl (C=O) groups is 1. The molecule has 39 heavy (non-hydrogen) atoms. The summed E-state index contributed by atoms with van der Waals surface area (Å²) in [5.41, 5.74) is 9.13. The minimum Gasteiger partial charge on any atom is -0.474 e. The summed E-state index contributed by atoms with van der Waals surface area (Å²) >= 11 is 6.42. The van der Waals surface area contributed by atoms with E-state index in [1.807, 2.05) is 66.7 Å². The molecule has 1 saturated carbocycles. The Morgan fingerprint density at radius 2 is 1.79 bits per heavy atom. The molecule has 8 nitrogen and oxygen atoms in total. The zero-order valence-electron chi connectivity index (χ0n) is 21.5. The molecule has 2 aromatic heterocycles. The molecule has 4 aromatic rings. The van der Waals surface area contributed by atoms with E-state index in [1.165, 1.54) is 0 Å². The highest BCUT2D eigenvalue weighted by molar-refractivity contribution is 6.30. The van der Waals surface area contributed by atoms with E-state index in [2.05, 4.69) is 25.1 Å². The third-order valence-electron chi connectivity index (χ3n) is 7.68. The van der Waals surface area contributed by atoms with Gasteiger partial charge in [-0.25, -0.2) is 4.98 Å². The van der Waals surface area contributed by atoms with Gasteiger partial charge in [0.05, 0.1) is 5.69 Å². The maximum Gasteiger partial charge on any atom is 0.241 e.